The van der Waals surface area contributed by atoms with Crippen molar-refractivity contribution in [3.8, 4) is 11.5 Å². The minimum Gasteiger partial charge on any atom is -0.443 e. The Balaban J connectivity index is 1.52. The number of fused-ring (bicyclic) bond motifs is 2. The number of nitrogens with one attached hydrogen (secondary N) is 1. The molecule has 1 unspecified atom stereocenters. The molecule has 0 bridgehead atoms. The maximum absolute atomic E-state index is 13.7. The average molecular weight is 519 g/mol. The first-order valence-corrected chi connectivity index (χ1v) is 12.9. The highest BCUT2D eigenvalue weighted by Crippen LogP contribution is 2.42. The number of anilines is 2. The highest BCUT2D eigenvalue weighted by atomic mass is 16.5. The molecular weight excluding hydrogens is 484 g/mol. The fraction of sp³-hybridized carbons (Fsp3) is 0.481. The molecule has 11 heteroatoms. The zero-order valence-corrected chi connectivity index (χ0v) is 22.9. The molecule has 0 aliphatic carbocycles. The number of amides is 2. The molecule has 1 atom stereocenters. The largest absolute Gasteiger partial charge is 0.443 e. The number of aromatic nitrogens is 5. The van der Waals surface area contributed by atoms with Crippen molar-refractivity contribution in [2.45, 2.75) is 71.7 Å². The molecule has 1 N–H and O–H groups in total. The molecule has 0 saturated heterocycles. The minimum atomic E-state index is -0.559. The van der Waals surface area contributed by atoms with Crippen LogP contribution in [0.25, 0.3) is 11.5 Å². The normalized spacial score (nSPS) is 17.5. The van der Waals surface area contributed by atoms with Crippen LogP contribution in [0.2, 0.25) is 0 Å². The predicted molar refractivity (Wildman–Crippen MR) is 143 cm³/mol. The van der Waals surface area contributed by atoms with Crippen molar-refractivity contribution in [3.63, 3.8) is 0 Å². The van der Waals surface area contributed by atoms with Crippen LogP contribution in [0.5, 0.6) is 0 Å². The van der Waals surface area contributed by atoms with Gasteiger partial charge in [0.25, 0.3) is 5.91 Å². The number of hydrogen-bond donors (Lipinski definition) is 1. The summed E-state index contributed by atoms with van der Waals surface area (Å²) in [6.07, 6.45) is 0.419. The van der Waals surface area contributed by atoms with Gasteiger partial charge < -0.3 is 19.5 Å². The molecule has 5 heterocycles. The van der Waals surface area contributed by atoms with Gasteiger partial charge in [-0.15, -0.1) is 10.2 Å². The van der Waals surface area contributed by atoms with Crippen LogP contribution in [-0.2, 0) is 23.4 Å². The van der Waals surface area contributed by atoms with Crippen LogP contribution in [0.15, 0.2) is 24.3 Å². The first-order valence-electron chi connectivity index (χ1n) is 12.9. The summed E-state index contributed by atoms with van der Waals surface area (Å²) >= 11 is 0. The first kappa shape index (κ1) is 25.6. The summed E-state index contributed by atoms with van der Waals surface area (Å²) in [7, 11) is 3.42. The van der Waals surface area contributed by atoms with Gasteiger partial charge in [0.15, 0.2) is 5.82 Å². The van der Waals surface area contributed by atoms with Gasteiger partial charge in [0, 0.05) is 37.2 Å². The fourth-order valence-electron chi connectivity index (χ4n) is 5.32. The van der Waals surface area contributed by atoms with Gasteiger partial charge in [0.1, 0.15) is 29.8 Å². The van der Waals surface area contributed by atoms with Crippen molar-refractivity contribution in [2.24, 2.45) is 0 Å². The molecule has 38 heavy (non-hydrogen) atoms. The van der Waals surface area contributed by atoms with E-state index in [4.69, 9.17) is 14.7 Å². The molecule has 2 amide bonds. The van der Waals surface area contributed by atoms with Crippen LogP contribution in [0, 0.1) is 0 Å². The Kier molecular flexibility index (Phi) is 6.32. The lowest BCUT2D eigenvalue weighted by atomic mass is 9.97. The summed E-state index contributed by atoms with van der Waals surface area (Å²) in [4.78, 5) is 38.7. The molecule has 0 aromatic carbocycles. The lowest BCUT2D eigenvalue weighted by Gasteiger charge is -2.23. The number of nitrogens with zero attached hydrogens (tertiary/aromatic N) is 7. The second-order valence-electron chi connectivity index (χ2n) is 10.9. The Morgan fingerprint density at radius 1 is 1.26 bits per heavy atom. The van der Waals surface area contributed by atoms with Gasteiger partial charge in [-0.2, -0.15) is 0 Å². The van der Waals surface area contributed by atoms with Crippen LogP contribution in [0.1, 0.15) is 74.4 Å². The number of ether oxygens (including phenoxy) is 1. The SMILES string of the molecule is CNC(=O)OCc1nc(N(C)C(C)C)cc2c1CN(c1cccc(-c3nnc4n3C(C)(C)CC4C)n1)C2=O. The van der Waals surface area contributed by atoms with E-state index >= 15 is 0 Å². The molecule has 3 aromatic rings. The summed E-state index contributed by atoms with van der Waals surface area (Å²) in [5, 5.41) is 11.4. The Bertz CT molecular complexity index is 1410. The van der Waals surface area contributed by atoms with E-state index in [9.17, 15) is 9.59 Å². The second-order valence-corrected chi connectivity index (χ2v) is 10.9. The topological polar surface area (TPSA) is 118 Å². The maximum atomic E-state index is 13.7. The molecule has 0 spiro atoms. The second kappa shape index (κ2) is 9.38. The van der Waals surface area contributed by atoms with Crippen LogP contribution >= 0.6 is 0 Å². The van der Waals surface area contributed by atoms with Crippen LogP contribution in [0.3, 0.4) is 0 Å². The summed E-state index contributed by atoms with van der Waals surface area (Å²) in [6.45, 7) is 10.8. The van der Waals surface area contributed by atoms with E-state index in [-0.39, 0.29) is 30.6 Å². The monoisotopic (exact) mass is 518 g/mol. The molecule has 0 radical (unpaired) electrons. The van der Waals surface area contributed by atoms with Crippen LogP contribution < -0.4 is 15.1 Å². The van der Waals surface area contributed by atoms with Crippen molar-refractivity contribution in [1.29, 1.82) is 0 Å². The molecule has 5 rings (SSSR count). The van der Waals surface area contributed by atoms with Gasteiger partial charge in [-0.3, -0.25) is 9.69 Å². The van der Waals surface area contributed by atoms with Gasteiger partial charge in [-0.25, -0.2) is 14.8 Å². The highest BCUT2D eigenvalue weighted by Gasteiger charge is 2.39. The molecule has 2 aliphatic rings. The number of hydrogen-bond acceptors (Lipinski definition) is 8. The van der Waals surface area contributed by atoms with Gasteiger partial charge in [0.2, 0.25) is 0 Å². The van der Waals surface area contributed by atoms with Crippen molar-refractivity contribution in [1.82, 2.24) is 30.0 Å². The van der Waals surface area contributed by atoms with Gasteiger partial charge in [-0.1, -0.05) is 13.0 Å². The number of pyridine rings is 2. The van der Waals surface area contributed by atoms with E-state index in [2.05, 4.69) is 40.9 Å². The number of carbonyl (C=O) groups is 2. The summed E-state index contributed by atoms with van der Waals surface area (Å²) in [6, 6.07) is 7.56. The molecular formula is C27H34N8O3. The molecule has 0 fully saturated rings. The minimum absolute atomic E-state index is 0.0461. The van der Waals surface area contributed by atoms with Gasteiger partial charge >= 0.3 is 6.09 Å². The van der Waals surface area contributed by atoms with Crippen molar-refractivity contribution < 1.29 is 14.3 Å². The van der Waals surface area contributed by atoms with E-state index in [1.165, 1.54) is 7.05 Å². The first-order chi connectivity index (χ1) is 18.0. The molecule has 2 aliphatic heterocycles. The number of alkyl carbamates (subject to hydrolysis) is 1. The quantitative estimate of drug-likeness (QED) is 0.523. The number of rotatable bonds is 6. The predicted octanol–water partition coefficient (Wildman–Crippen LogP) is 3.84. The van der Waals surface area contributed by atoms with E-state index < -0.39 is 6.09 Å². The summed E-state index contributed by atoms with van der Waals surface area (Å²) < 4.78 is 7.48. The number of carbonyl (C=O) groups excluding carboxylic acids is 2. The molecule has 0 saturated carbocycles. The molecule has 200 valence electrons. The maximum Gasteiger partial charge on any atom is 0.407 e. The molecule has 3 aromatic heterocycles. The van der Waals surface area contributed by atoms with Crippen molar-refractivity contribution >= 4 is 23.6 Å². The third-order valence-corrected chi connectivity index (χ3v) is 7.45. The Morgan fingerprint density at radius 3 is 2.74 bits per heavy atom. The standard InChI is InChI=1S/C27H34N8O3/c1-15(2)33(7)22-11-17-18(20(30-22)14-38-26(37)28-6)13-34(25(17)36)21-10-8-9-19(29-21)24-32-31-23-16(3)12-27(4,5)35(23)24/h8-11,15-16H,12-14H2,1-7H3,(H,28,37). The van der Waals surface area contributed by atoms with E-state index in [1.54, 1.807) is 11.0 Å². The van der Waals surface area contributed by atoms with E-state index in [1.807, 2.05) is 44.0 Å². The zero-order valence-electron chi connectivity index (χ0n) is 22.9. The average Bonchev–Trinajstić information content (AvgIpc) is 3.55. The Labute approximate surface area is 222 Å². The smallest absolute Gasteiger partial charge is 0.407 e. The summed E-state index contributed by atoms with van der Waals surface area (Å²) in [5.41, 5.74) is 2.34. The van der Waals surface area contributed by atoms with E-state index in [0.717, 1.165) is 17.8 Å². The third-order valence-electron chi connectivity index (χ3n) is 7.45. The lowest BCUT2D eigenvalue weighted by Crippen LogP contribution is -2.27. The molecule has 11 nitrogen and oxygen atoms in total. The summed E-state index contributed by atoms with van der Waals surface area (Å²) in [5.74, 6) is 2.94. The lowest BCUT2D eigenvalue weighted by molar-refractivity contribution is 0.0996. The van der Waals surface area contributed by atoms with Crippen molar-refractivity contribution in [3.05, 3.63) is 46.9 Å². The van der Waals surface area contributed by atoms with Crippen molar-refractivity contribution in [2.75, 3.05) is 23.9 Å². The fourth-order valence-corrected chi connectivity index (χ4v) is 5.32. The third kappa shape index (κ3) is 4.25. The van der Waals surface area contributed by atoms with Crippen LogP contribution in [0.4, 0.5) is 16.4 Å². The Hall–Kier alpha value is -4.02. The van der Waals surface area contributed by atoms with Gasteiger partial charge in [-0.05, 0) is 52.3 Å². The van der Waals surface area contributed by atoms with Crippen LogP contribution in [-0.4, -0.2) is 56.9 Å². The van der Waals surface area contributed by atoms with Gasteiger partial charge in [0.05, 0.1) is 17.8 Å². The Morgan fingerprint density at radius 2 is 2.03 bits per heavy atom. The highest BCUT2D eigenvalue weighted by molar-refractivity contribution is 6.10. The zero-order chi connectivity index (χ0) is 27.4. The van der Waals surface area contributed by atoms with E-state index in [0.29, 0.717) is 40.3 Å².